The maximum Gasteiger partial charge on any atom is 0.410 e. The maximum atomic E-state index is 12.9. The summed E-state index contributed by atoms with van der Waals surface area (Å²) >= 11 is 1.92. The Morgan fingerprint density at radius 1 is 0.878 bits per heavy atom. The van der Waals surface area contributed by atoms with Crippen molar-refractivity contribution in [1.29, 1.82) is 0 Å². The van der Waals surface area contributed by atoms with Crippen molar-refractivity contribution >= 4 is 28.6 Å². The summed E-state index contributed by atoms with van der Waals surface area (Å²) in [6, 6.07) is 34.5. The van der Waals surface area contributed by atoms with Crippen LogP contribution in [-0.4, -0.2) is 41.5 Å². The van der Waals surface area contributed by atoms with Gasteiger partial charge in [-0.2, -0.15) is 0 Å². The molecule has 4 nitrogen and oxygen atoms in total. The SMILES string of the molecule is CC(C)(C)OC(=O)N1CCC(c2ccc(CCCSc3ccccc3)cc2)C(OCc2ccc3ccccc3c2)C1. The van der Waals surface area contributed by atoms with Gasteiger partial charge in [0.05, 0.1) is 19.3 Å². The summed E-state index contributed by atoms with van der Waals surface area (Å²) in [5.41, 5.74) is 3.26. The molecule has 0 aliphatic carbocycles. The molecule has 2 unspecified atom stereocenters. The van der Waals surface area contributed by atoms with Gasteiger partial charge in [0.15, 0.2) is 0 Å². The summed E-state index contributed by atoms with van der Waals surface area (Å²) in [7, 11) is 0. The lowest BCUT2D eigenvalue weighted by atomic mass is 9.86. The topological polar surface area (TPSA) is 38.8 Å². The highest BCUT2D eigenvalue weighted by molar-refractivity contribution is 7.99. The first-order valence-corrected chi connectivity index (χ1v) is 15.7. The molecule has 0 bridgehead atoms. The molecular weight excluding hydrogens is 526 g/mol. The van der Waals surface area contributed by atoms with Gasteiger partial charge in [-0.3, -0.25) is 0 Å². The van der Waals surface area contributed by atoms with Gasteiger partial charge in [-0.05, 0) is 91.4 Å². The fourth-order valence-corrected chi connectivity index (χ4v) is 6.28. The Morgan fingerprint density at radius 2 is 1.59 bits per heavy atom. The van der Waals surface area contributed by atoms with Crippen LogP contribution in [0, 0.1) is 0 Å². The van der Waals surface area contributed by atoms with Crippen LogP contribution in [0.4, 0.5) is 4.79 Å². The van der Waals surface area contributed by atoms with E-state index in [1.54, 1.807) is 0 Å². The first kappa shape index (κ1) is 29.2. The van der Waals surface area contributed by atoms with E-state index in [0.717, 1.165) is 30.6 Å². The number of likely N-dealkylation sites (tertiary alicyclic amines) is 1. The largest absolute Gasteiger partial charge is 0.444 e. The van der Waals surface area contributed by atoms with E-state index in [4.69, 9.17) is 9.47 Å². The zero-order valence-electron chi connectivity index (χ0n) is 24.4. The van der Waals surface area contributed by atoms with Crippen molar-refractivity contribution in [3.05, 3.63) is 114 Å². The number of amides is 1. The first-order valence-electron chi connectivity index (χ1n) is 14.7. The van der Waals surface area contributed by atoms with E-state index in [1.165, 1.54) is 26.8 Å². The zero-order chi connectivity index (χ0) is 28.7. The third-order valence-electron chi connectivity index (χ3n) is 7.52. The number of ether oxygens (including phenoxy) is 2. The first-order chi connectivity index (χ1) is 19.8. The van der Waals surface area contributed by atoms with Gasteiger partial charge in [0.1, 0.15) is 5.60 Å². The van der Waals surface area contributed by atoms with Crippen molar-refractivity contribution in [2.75, 3.05) is 18.8 Å². The van der Waals surface area contributed by atoms with Crippen LogP contribution in [0.15, 0.2) is 102 Å². The Bertz CT molecular complexity index is 1410. The van der Waals surface area contributed by atoms with Gasteiger partial charge in [0.2, 0.25) is 0 Å². The predicted molar refractivity (Wildman–Crippen MR) is 170 cm³/mol. The molecule has 1 heterocycles. The number of benzene rings is 4. The molecule has 41 heavy (non-hydrogen) atoms. The lowest BCUT2D eigenvalue weighted by molar-refractivity contribution is -0.0359. The normalized spacial score (nSPS) is 17.5. The summed E-state index contributed by atoms with van der Waals surface area (Å²) < 4.78 is 12.3. The number of rotatable bonds is 9. The van der Waals surface area contributed by atoms with E-state index < -0.39 is 5.60 Å². The molecule has 5 heteroatoms. The molecule has 214 valence electrons. The molecule has 0 radical (unpaired) electrons. The molecular formula is C36H41NO3S. The molecule has 2 atom stereocenters. The Balaban J connectivity index is 1.24. The number of fused-ring (bicyclic) bond motifs is 1. The number of carbonyl (C=O) groups is 1. The van der Waals surface area contributed by atoms with E-state index in [9.17, 15) is 4.79 Å². The molecule has 1 aliphatic rings. The van der Waals surface area contributed by atoms with E-state index >= 15 is 0 Å². The van der Waals surface area contributed by atoms with Gasteiger partial charge >= 0.3 is 6.09 Å². The van der Waals surface area contributed by atoms with Gasteiger partial charge < -0.3 is 14.4 Å². The molecule has 0 N–H and O–H groups in total. The number of nitrogens with zero attached hydrogens (tertiary/aromatic N) is 1. The molecule has 1 fully saturated rings. The summed E-state index contributed by atoms with van der Waals surface area (Å²) in [4.78, 5) is 16.1. The van der Waals surface area contributed by atoms with Crippen molar-refractivity contribution in [3.63, 3.8) is 0 Å². The molecule has 1 saturated heterocycles. The van der Waals surface area contributed by atoms with Crippen molar-refractivity contribution in [1.82, 2.24) is 4.90 Å². The van der Waals surface area contributed by atoms with Crippen LogP contribution in [0.5, 0.6) is 0 Å². The lowest BCUT2D eigenvalue weighted by Crippen LogP contribution is -2.48. The molecule has 4 aromatic rings. The van der Waals surface area contributed by atoms with Gasteiger partial charge in [-0.1, -0.05) is 78.9 Å². The number of hydrogen-bond donors (Lipinski definition) is 0. The third-order valence-corrected chi connectivity index (χ3v) is 8.62. The highest BCUT2D eigenvalue weighted by atomic mass is 32.2. The van der Waals surface area contributed by atoms with Gasteiger partial charge in [-0.15, -0.1) is 11.8 Å². The highest BCUT2D eigenvalue weighted by Gasteiger charge is 2.35. The zero-order valence-corrected chi connectivity index (χ0v) is 25.2. The van der Waals surface area contributed by atoms with Crippen molar-refractivity contribution in [2.45, 2.75) is 69.2 Å². The van der Waals surface area contributed by atoms with Crippen LogP contribution in [0.2, 0.25) is 0 Å². The number of aryl methyl sites for hydroxylation is 1. The second kappa shape index (κ2) is 13.6. The number of hydrogen-bond acceptors (Lipinski definition) is 4. The lowest BCUT2D eigenvalue weighted by Gasteiger charge is -2.39. The molecule has 5 rings (SSSR count). The minimum absolute atomic E-state index is 0.115. The van der Waals surface area contributed by atoms with Crippen LogP contribution in [0.1, 0.15) is 56.2 Å². The second-order valence-electron chi connectivity index (χ2n) is 11.9. The Hall–Kier alpha value is -3.28. The summed E-state index contributed by atoms with van der Waals surface area (Å²) in [5.74, 6) is 1.33. The number of piperidine rings is 1. The van der Waals surface area contributed by atoms with E-state index in [0.29, 0.717) is 19.7 Å². The molecule has 1 aliphatic heterocycles. The van der Waals surface area contributed by atoms with Crippen LogP contribution in [0.3, 0.4) is 0 Å². The van der Waals surface area contributed by atoms with Gasteiger partial charge in [-0.25, -0.2) is 4.79 Å². The average molecular weight is 568 g/mol. The molecule has 1 amide bonds. The number of thioether (sulfide) groups is 1. The van der Waals surface area contributed by atoms with E-state index in [1.807, 2.05) is 37.4 Å². The van der Waals surface area contributed by atoms with E-state index in [-0.39, 0.29) is 18.1 Å². The third kappa shape index (κ3) is 8.37. The second-order valence-corrected chi connectivity index (χ2v) is 13.0. The quantitative estimate of drug-likeness (QED) is 0.150. The van der Waals surface area contributed by atoms with Crippen molar-refractivity contribution in [2.24, 2.45) is 0 Å². The van der Waals surface area contributed by atoms with Crippen LogP contribution in [0.25, 0.3) is 10.8 Å². The summed E-state index contributed by atoms with van der Waals surface area (Å²) in [5, 5.41) is 2.43. The molecule has 4 aromatic carbocycles. The number of carbonyl (C=O) groups excluding carboxylic acids is 1. The minimum atomic E-state index is -0.523. The van der Waals surface area contributed by atoms with Crippen LogP contribution < -0.4 is 0 Å². The van der Waals surface area contributed by atoms with E-state index in [2.05, 4.69) is 97.1 Å². The monoisotopic (exact) mass is 567 g/mol. The Morgan fingerprint density at radius 3 is 2.34 bits per heavy atom. The summed E-state index contributed by atoms with van der Waals surface area (Å²) in [6.07, 6.45) is 2.67. The molecule has 0 aromatic heterocycles. The minimum Gasteiger partial charge on any atom is -0.444 e. The smallest absolute Gasteiger partial charge is 0.410 e. The molecule has 0 saturated carbocycles. The predicted octanol–water partition coefficient (Wildman–Crippen LogP) is 8.87. The highest BCUT2D eigenvalue weighted by Crippen LogP contribution is 2.32. The fourth-order valence-electron chi connectivity index (χ4n) is 5.41. The Kier molecular flexibility index (Phi) is 9.68. The summed E-state index contributed by atoms with van der Waals surface area (Å²) in [6.45, 7) is 7.42. The van der Waals surface area contributed by atoms with Crippen molar-refractivity contribution < 1.29 is 14.3 Å². The molecule has 0 spiro atoms. The van der Waals surface area contributed by atoms with Crippen LogP contribution >= 0.6 is 11.8 Å². The maximum absolute atomic E-state index is 12.9. The van der Waals surface area contributed by atoms with Crippen molar-refractivity contribution in [3.8, 4) is 0 Å². The standard InChI is InChI=1S/C36H41NO3S/c1-36(2,3)40-35(38)37-22-21-33(34(25-37)39-26-28-17-18-29-11-7-8-12-31(29)24-28)30-19-15-27(16-20-30)10-9-23-41-32-13-5-4-6-14-32/h4-8,11-20,24,33-34H,9-10,21-23,25-26H2,1-3H3. The van der Waals surface area contributed by atoms with Crippen LogP contribution in [-0.2, 0) is 22.5 Å². The average Bonchev–Trinajstić information content (AvgIpc) is 2.98. The Labute approximate surface area is 249 Å². The van der Waals surface area contributed by atoms with Gasteiger partial charge in [0, 0.05) is 17.4 Å². The van der Waals surface area contributed by atoms with Gasteiger partial charge in [0.25, 0.3) is 0 Å². The fraction of sp³-hybridized carbons (Fsp3) is 0.361.